The first-order valence-electron chi connectivity index (χ1n) is 4.91. The van der Waals surface area contributed by atoms with E-state index in [-0.39, 0.29) is 5.82 Å². The van der Waals surface area contributed by atoms with Crippen molar-refractivity contribution in [2.75, 3.05) is 14.2 Å². The summed E-state index contributed by atoms with van der Waals surface area (Å²) in [4.78, 5) is 18.9. The van der Waals surface area contributed by atoms with Crippen molar-refractivity contribution in [2.45, 2.75) is 6.54 Å². The van der Waals surface area contributed by atoms with Gasteiger partial charge in [0.2, 0.25) is 0 Å². The molecule has 92 valence electrons. The fraction of sp³-hybridized carbons (Fsp3) is 0.300. The minimum absolute atomic E-state index is 0.265. The molecular weight excluding hydrogens is 224 g/mol. The molecule has 0 aromatic carbocycles. The van der Waals surface area contributed by atoms with E-state index >= 15 is 0 Å². The number of nitro groups is 1. The molecule has 0 spiro atoms. The van der Waals surface area contributed by atoms with Crippen LogP contribution >= 0.6 is 0 Å². The lowest BCUT2D eigenvalue weighted by Gasteiger charge is -2.22. The average Bonchev–Trinajstić information content (AvgIpc) is 2.34. The molecule has 7 heteroatoms. The number of hydroxylamine groups is 2. The van der Waals surface area contributed by atoms with Crippen LogP contribution in [0.4, 0.5) is 0 Å². The number of pyridine rings is 1. The Morgan fingerprint density at radius 3 is 3.00 bits per heavy atom. The Kier molecular flexibility index (Phi) is 4.89. The van der Waals surface area contributed by atoms with E-state index < -0.39 is 4.92 Å². The highest BCUT2D eigenvalue weighted by Gasteiger charge is 2.12. The third kappa shape index (κ3) is 4.07. The standard InChI is InChI=1S/C10H14N4O3/c1-11-10(8-14(15)16)13(17-2)7-9-4-3-5-12-6-9/h3-6,8,11H,7H2,1-2H3/b10-8-. The van der Waals surface area contributed by atoms with E-state index in [1.165, 1.54) is 12.2 Å². The number of nitrogens with zero attached hydrogens (tertiary/aromatic N) is 3. The van der Waals surface area contributed by atoms with Gasteiger partial charge in [-0.15, -0.1) is 0 Å². The number of rotatable bonds is 6. The van der Waals surface area contributed by atoms with Gasteiger partial charge in [0.25, 0.3) is 6.20 Å². The second kappa shape index (κ2) is 6.44. The van der Waals surface area contributed by atoms with Crippen molar-refractivity contribution in [3.05, 3.63) is 52.2 Å². The Labute approximate surface area is 98.8 Å². The smallest absolute Gasteiger partial charge is 0.276 e. The molecule has 17 heavy (non-hydrogen) atoms. The van der Waals surface area contributed by atoms with Gasteiger partial charge in [-0.3, -0.25) is 19.9 Å². The number of hydrogen-bond donors (Lipinski definition) is 1. The van der Waals surface area contributed by atoms with Gasteiger partial charge in [0.15, 0.2) is 5.82 Å². The molecule has 0 aliphatic carbocycles. The summed E-state index contributed by atoms with van der Waals surface area (Å²) in [5.41, 5.74) is 0.888. The van der Waals surface area contributed by atoms with Crippen LogP contribution in [0.15, 0.2) is 36.5 Å². The highest BCUT2D eigenvalue weighted by atomic mass is 16.7. The monoisotopic (exact) mass is 238 g/mol. The Hall–Kier alpha value is -2.15. The quantitative estimate of drug-likeness (QED) is 0.581. The summed E-state index contributed by atoms with van der Waals surface area (Å²) in [6.07, 6.45) is 4.18. The van der Waals surface area contributed by atoms with Crippen LogP contribution in [0.1, 0.15) is 5.56 Å². The molecule has 0 saturated heterocycles. The summed E-state index contributed by atoms with van der Waals surface area (Å²) in [5.74, 6) is 0.265. The molecule has 1 heterocycles. The van der Waals surface area contributed by atoms with Crippen molar-refractivity contribution in [3.63, 3.8) is 0 Å². The van der Waals surface area contributed by atoms with Crippen LogP contribution in [-0.4, -0.2) is 29.1 Å². The zero-order chi connectivity index (χ0) is 12.7. The highest BCUT2D eigenvalue weighted by Crippen LogP contribution is 2.08. The van der Waals surface area contributed by atoms with E-state index in [0.29, 0.717) is 6.54 Å². The maximum absolute atomic E-state index is 10.4. The fourth-order valence-corrected chi connectivity index (χ4v) is 1.26. The Morgan fingerprint density at radius 2 is 2.53 bits per heavy atom. The first-order chi connectivity index (χ1) is 8.17. The number of nitrogens with one attached hydrogen (secondary N) is 1. The molecule has 1 aromatic rings. The van der Waals surface area contributed by atoms with Crippen molar-refractivity contribution in [1.29, 1.82) is 0 Å². The van der Waals surface area contributed by atoms with Gasteiger partial charge in [-0.05, 0) is 11.6 Å². The third-order valence-electron chi connectivity index (χ3n) is 2.02. The highest BCUT2D eigenvalue weighted by molar-refractivity contribution is 5.09. The fourth-order valence-electron chi connectivity index (χ4n) is 1.26. The molecule has 0 aliphatic rings. The van der Waals surface area contributed by atoms with Gasteiger partial charge in [0.05, 0.1) is 18.6 Å². The summed E-state index contributed by atoms with van der Waals surface area (Å²) in [6, 6.07) is 3.65. The van der Waals surface area contributed by atoms with Crippen molar-refractivity contribution in [3.8, 4) is 0 Å². The first-order valence-corrected chi connectivity index (χ1v) is 4.91. The molecule has 0 fully saturated rings. The van der Waals surface area contributed by atoms with Crippen LogP contribution in [0.5, 0.6) is 0 Å². The average molecular weight is 238 g/mol. The van der Waals surface area contributed by atoms with Gasteiger partial charge in [-0.2, -0.15) is 0 Å². The van der Waals surface area contributed by atoms with Gasteiger partial charge in [-0.25, -0.2) is 5.06 Å². The van der Waals surface area contributed by atoms with E-state index in [0.717, 1.165) is 11.8 Å². The largest absolute Gasteiger partial charge is 0.368 e. The van der Waals surface area contributed by atoms with Crippen molar-refractivity contribution >= 4 is 0 Å². The van der Waals surface area contributed by atoms with Crippen LogP contribution in [-0.2, 0) is 11.4 Å². The zero-order valence-corrected chi connectivity index (χ0v) is 9.66. The molecule has 0 atom stereocenters. The zero-order valence-electron chi connectivity index (χ0n) is 9.66. The van der Waals surface area contributed by atoms with E-state index in [1.807, 2.05) is 6.07 Å². The van der Waals surface area contributed by atoms with E-state index in [2.05, 4.69) is 10.3 Å². The molecule has 0 bridgehead atoms. The van der Waals surface area contributed by atoms with Crippen LogP contribution in [0.25, 0.3) is 0 Å². The Bertz CT molecular complexity index is 394. The summed E-state index contributed by atoms with van der Waals surface area (Å²) >= 11 is 0. The molecular formula is C10H14N4O3. The number of hydrogen-bond acceptors (Lipinski definition) is 6. The molecule has 0 saturated carbocycles. The van der Waals surface area contributed by atoms with Crippen LogP contribution in [0.2, 0.25) is 0 Å². The van der Waals surface area contributed by atoms with E-state index in [1.54, 1.807) is 25.5 Å². The summed E-state index contributed by atoms with van der Waals surface area (Å²) < 4.78 is 0. The van der Waals surface area contributed by atoms with Crippen molar-refractivity contribution in [2.24, 2.45) is 0 Å². The summed E-state index contributed by atoms with van der Waals surface area (Å²) in [7, 11) is 3.03. The molecule has 0 amide bonds. The Balaban J connectivity index is 2.80. The molecule has 1 rings (SSSR count). The SMILES string of the molecule is CN/C(=C/[N+](=O)[O-])N(Cc1cccnc1)OC. The molecule has 0 unspecified atom stereocenters. The minimum Gasteiger partial charge on any atom is -0.368 e. The molecule has 0 radical (unpaired) electrons. The topological polar surface area (TPSA) is 80.5 Å². The van der Waals surface area contributed by atoms with Crippen molar-refractivity contribution < 1.29 is 9.76 Å². The summed E-state index contributed by atoms with van der Waals surface area (Å²) in [6.45, 7) is 0.366. The maximum atomic E-state index is 10.4. The molecule has 0 aliphatic heterocycles. The third-order valence-corrected chi connectivity index (χ3v) is 2.02. The van der Waals surface area contributed by atoms with Gasteiger partial charge in [0, 0.05) is 19.4 Å². The van der Waals surface area contributed by atoms with Gasteiger partial charge < -0.3 is 5.32 Å². The van der Waals surface area contributed by atoms with Crippen LogP contribution < -0.4 is 5.32 Å². The molecule has 1 N–H and O–H groups in total. The predicted octanol–water partition coefficient (Wildman–Crippen LogP) is 0.740. The van der Waals surface area contributed by atoms with E-state index in [4.69, 9.17) is 4.84 Å². The minimum atomic E-state index is -0.541. The van der Waals surface area contributed by atoms with Gasteiger partial charge >= 0.3 is 0 Å². The van der Waals surface area contributed by atoms with Crippen LogP contribution in [0.3, 0.4) is 0 Å². The molecule has 1 aromatic heterocycles. The normalized spacial score (nSPS) is 11.1. The Morgan fingerprint density at radius 1 is 1.76 bits per heavy atom. The lowest BCUT2D eigenvalue weighted by Crippen LogP contribution is -2.29. The van der Waals surface area contributed by atoms with Gasteiger partial charge in [-0.1, -0.05) is 6.07 Å². The summed E-state index contributed by atoms with van der Waals surface area (Å²) in [5, 5.41) is 14.5. The second-order valence-electron chi connectivity index (χ2n) is 3.13. The van der Waals surface area contributed by atoms with E-state index in [9.17, 15) is 10.1 Å². The lowest BCUT2D eigenvalue weighted by atomic mass is 10.3. The lowest BCUT2D eigenvalue weighted by molar-refractivity contribution is -0.406. The number of aromatic nitrogens is 1. The second-order valence-corrected chi connectivity index (χ2v) is 3.13. The predicted molar refractivity (Wildman–Crippen MR) is 60.9 cm³/mol. The van der Waals surface area contributed by atoms with Crippen LogP contribution in [0, 0.1) is 10.1 Å². The first kappa shape index (κ1) is 12.9. The van der Waals surface area contributed by atoms with Gasteiger partial charge in [0.1, 0.15) is 0 Å². The maximum Gasteiger partial charge on any atom is 0.276 e. The van der Waals surface area contributed by atoms with Crippen molar-refractivity contribution in [1.82, 2.24) is 15.4 Å². The molecule has 7 nitrogen and oxygen atoms in total.